The van der Waals surface area contributed by atoms with Crippen LogP contribution in [0.1, 0.15) is 25.3 Å². The lowest BCUT2D eigenvalue weighted by Gasteiger charge is -2.14. The summed E-state index contributed by atoms with van der Waals surface area (Å²) in [5.41, 5.74) is 1.28. The number of ether oxygens (including phenoxy) is 2. The maximum Gasteiger partial charge on any atom is 0.330 e. The molecule has 0 bridgehead atoms. The first-order chi connectivity index (χ1) is 13.2. The topological polar surface area (TPSA) is 84.9 Å². The standard InChI is InChI=1S/C20H19Br2NO5/c1-11(2)14-10-13(4-5-17(14)24)28-20-15(21)8-12(9-16(20)22)23-18(25)6-7-19(26)27-3/h4-11,24H,1-3H3,(H,23,25)/b7-6-. The first kappa shape index (κ1) is 22.0. The number of rotatable bonds is 6. The third-order valence-electron chi connectivity index (χ3n) is 3.68. The second-order valence-corrected chi connectivity index (χ2v) is 7.80. The molecule has 28 heavy (non-hydrogen) atoms. The molecule has 2 aromatic rings. The number of carbonyl (C=O) groups is 2. The van der Waals surface area contributed by atoms with Gasteiger partial charge in [-0.05, 0) is 68.1 Å². The molecule has 2 rings (SSSR count). The van der Waals surface area contributed by atoms with Gasteiger partial charge in [0.1, 0.15) is 11.5 Å². The average molecular weight is 513 g/mol. The molecule has 0 aromatic heterocycles. The first-order valence-electron chi connectivity index (χ1n) is 8.28. The number of carbonyl (C=O) groups excluding carboxylic acids is 2. The van der Waals surface area contributed by atoms with E-state index in [1.54, 1.807) is 30.3 Å². The molecule has 0 aliphatic rings. The van der Waals surface area contributed by atoms with Gasteiger partial charge in [0.05, 0.1) is 16.1 Å². The number of nitrogens with one attached hydrogen (secondary N) is 1. The van der Waals surface area contributed by atoms with Gasteiger partial charge in [-0.2, -0.15) is 0 Å². The van der Waals surface area contributed by atoms with E-state index in [9.17, 15) is 14.7 Å². The summed E-state index contributed by atoms with van der Waals surface area (Å²) in [4.78, 5) is 22.9. The molecule has 0 aliphatic heterocycles. The van der Waals surface area contributed by atoms with Crippen LogP contribution < -0.4 is 10.1 Å². The predicted octanol–water partition coefficient (Wildman–Crippen LogP) is 5.50. The molecule has 0 spiro atoms. The fourth-order valence-electron chi connectivity index (χ4n) is 2.30. The van der Waals surface area contributed by atoms with Gasteiger partial charge in [0.2, 0.25) is 5.91 Å². The zero-order valence-electron chi connectivity index (χ0n) is 15.5. The minimum absolute atomic E-state index is 0.145. The van der Waals surface area contributed by atoms with Crippen molar-refractivity contribution in [1.82, 2.24) is 0 Å². The zero-order valence-corrected chi connectivity index (χ0v) is 18.6. The van der Waals surface area contributed by atoms with Gasteiger partial charge < -0.3 is 19.9 Å². The van der Waals surface area contributed by atoms with Crippen molar-refractivity contribution in [3.8, 4) is 17.2 Å². The van der Waals surface area contributed by atoms with E-state index in [2.05, 4.69) is 41.9 Å². The molecule has 1 amide bonds. The summed E-state index contributed by atoms with van der Waals surface area (Å²) in [5, 5.41) is 12.6. The maximum absolute atomic E-state index is 11.9. The highest BCUT2D eigenvalue weighted by Gasteiger charge is 2.13. The Balaban J connectivity index is 2.20. The van der Waals surface area contributed by atoms with Crippen molar-refractivity contribution in [3.63, 3.8) is 0 Å². The molecule has 0 fully saturated rings. The molecule has 2 N–H and O–H groups in total. The van der Waals surface area contributed by atoms with Crippen LogP contribution in [-0.4, -0.2) is 24.1 Å². The van der Waals surface area contributed by atoms with Crippen molar-refractivity contribution >= 4 is 49.4 Å². The largest absolute Gasteiger partial charge is 0.508 e. The van der Waals surface area contributed by atoms with Crippen molar-refractivity contribution in [2.24, 2.45) is 0 Å². The molecule has 0 saturated heterocycles. The molecule has 0 unspecified atom stereocenters. The van der Waals surface area contributed by atoms with E-state index in [4.69, 9.17) is 4.74 Å². The van der Waals surface area contributed by atoms with Crippen molar-refractivity contribution < 1.29 is 24.2 Å². The van der Waals surface area contributed by atoms with Gasteiger partial charge in [0.15, 0.2) is 5.75 Å². The van der Waals surface area contributed by atoms with Crippen LogP contribution in [0.2, 0.25) is 0 Å². The number of esters is 1. The van der Waals surface area contributed by atoms with Crippen molar-refractivity contribution in [2.75, 3.05) is 12.4 Å². The molecule has 8 heteroatoms. The van der Waals surface area contributed by atoms with E-state index in [0.717, 1.165) is 17.7 Å². The Bertz CT molecular complexity index is 902. The van der Waals surface area contributed by atoms with Crippen LogP contribution in [0, 0.1) is 0 Å². The Hall–Kier alpha value is -2.32. The smallest absolute Gasteiger partial charge is 0.330 e. The normalized spacial score (nSPS) is 10.9. The summed E-state index contributed by atoms with van der Waals surface area (Å²) in [6.45, 7) is 3.97. The molecule has 6 nitrogen and oxygen atoms in total. The van der Waals surface area contributed by atoms with Crippen LogP contribution in [-0.2, 0) is 14.3 Å². The lowest BCUT2D eigenvalue weighted by atomic mass is 10.0. The average Bonchev–Trinajstić information content (AvgIpc) is 2.63. The van der Waals surface area contributed by atoms with Gasteiger partial charge >= 0.3 is 5.97 Å². The molecular weight excluding hydrogens is 494 g/mol. The summed E-state index contributed by atoms with van der Waals surface area (Å²) in [5.74, 6) is 0.364. The van der Waals surface area contributed by atoms with Crippen LogP contribution in [0.5, 0.6) is 17.2 Å². The lowest BCUT2D eigenvalue weighted by molar-refractivity contribution is -0.135. The zero-order chi connectivity index (χ0) is 20.8. The summed E-state index contributed by atoms with van der Waals surface area (Å²) >= 11 is 6.87. The maximum atomic E-state index is 11.9. The Kier molecular flexibility index (Phi) is 7.65. The van der Waals surface area contributed by atoms with E-state index < -0.39 is 11.9 Å². The summed E-state index contributed by atoms with van der Waals surface area (Å²) in [6.07, 6.45) is 2.12. The van der Waals surface area contributed by atoms with E-state index in [0.29, 0.717) is 26.1 Å². The lowest BCUT2D eigenvalue weighted by Crippen LogP contribution is -2.09. The van der Waals surface area contributed by atoms with Crippen molar-refractivity contribution in [2.45, 2.75) is 19.8 Å². The van der Waals surface area contributed by atoms with Gasteiger partial charge in [-0.15, -0.1) is 0 Å². The van der Waals surface area contributed by atoms with Gasteiger partial charge in [-0.25, -0.2) is 4.79 Å². The third kappa shape index (κ3) is 5.84. The number of phenolic OH excluding ortho intramolecular Hbond substituents is 1. The number of aromatic hydroxyl groups is 1. The molecule has 0 atom stereocenters. The highest BCUT2D eigenvalue weighted by Crippen LogP contribution is 2.40. The van der Waals surface area contributed by atoms with Crippen LogP contribution >= 0.6 is 31.9 Å². The summed E-state index contributed by atoms with van der Waals surface area (Å²) < 4.78 is 11.6. The van der Waals surface area contributed by atoms with Gasteiger partial charge in [-0.1, -0.05) is 13.8 Å². The highest BCUT2D eigenvalue weighted by atomic mass is 79.9. The third-order valence-corrected chi connectivity index (χ3v) is 4.86. The Morgan fingerprint density at radius 2 is 1.75 bits per heavy atom. The molecule has 0 radical (unpaired) electrons. The van der Waals surface area contributed by atoms with E-state index in [1.165, 1.54) is 7.11 Å². The molecule has 2 aromatic carbocycles. The fraction of sp³-hybridized carbons (Fsp3) is 0.200. The van der Waals surface area contributed by atoms with Crippen LogP contribution in [0.25, 0.3) is 0 Å². The second-order valence-electron chi connectivity index (χ2n) is 6.09. The Morgan fingerprint density at radius 3 is 2.32 bits per heavy atom. The molecular formula is C20H19Br2NO5. The number of benzene rings is 2. The van der Waals surface area contributed by atoms with Crippen molar-refractivity contribution in [1.29, 1.82) is 0 Å². The second kappa shape index (κ2) is 9.75. The molecule has 0 heterocycles. The first-order valence-corrected chi connectivity index (χ1v) is 9.86. The SMILES string of the molecule is COC(=O)/C=C\C(=O)Nc1cc(Br)c(Oc2ccc(O)c(C(C)C)c2)c(Br)c1. The minimum Gasteiger partial charge on any atom is -0.508 e. The van der Waals surface area contributed by atoms with E-state index in [-0.39, 0.29) is 11.7 Å². The highest BCUT2D eigenvalue weighted by molar-refractivity contribution is 9.11. The van der Waals surface area contributed by atoms with E-state index >= 15 is 0 Å². The fourth-order valence-corrected chi connectivity index (χ4v) is 3.65. The minimum atomic E-state index is -0.615. The number of anilines is 1. The number of hydrogen-bond donors (Lipinski definition) is 2. The number of phenols is 1. The summed E-state index contributed by atoms with van der Waals surface area (Å²) in [7, 11) is 1.23. The number of hydrogen-bond acceptors (Lipinski definition) is 5. The number of methoxy groups -OCH3 is 1. The van der Waals surface area contributed by atoms with Crippen LogP contribution in [0.15, 0.2) is 51.4 Å². The van der Waals surface area contributed by atoms with Gasteiger partial charge in [0.25, 0.3) is 0 Å². The molecule has 148 valence electrons. The Morgan fingerprint density at radius 1 is 1.11 bits per heavy atom. The van der Waals surface area contributed by atoms with Crippen LogP contribution in [0.4, 0.5) is 5.69 Å². The van der Waals surface area contributed by atoms with Crippen LogP contribution in [0.3, 0.4) is 0 Å². The number of halogens is 2. The molecule has 0 aliphatic carbocycles. The van der Waals surface area contributed by atoms with Gasteiger partial charge in [0, 0.05) is 23.4 Å². The van der Waals surface area contributed by atoms with Gasteiger partial charge in [-0.3, -0.25) is 4.79 Å². The van der Waals surface area contributed by atoms with E-state index in [1.807, 2.05) is 13.8 Å². The predicted molar refractivity (Wildman–Crippen MR) is 114 cm³/mol. The Labute approximate surface area is 179 Å². The summed E-state index contributed by atoms with van der Waals surface area (Å²) in [6, 6.07) is 8.40. The quantitative estimate of drug-likeness (QED) is 0.394. The van der Waals surface area contributed by atoms with Crippen molar-refractivity contribution in [3.05, 3.63) is 57.0 Å². The number of amides is 1. The molecule has 0 saturated carbocycles. The monoisotopic (exact) mass is 511 g/mol.